The van der Waals surface area contributed by atoms with E-state index in [1.165, 1.54) is 6.07 Å². The van der Waals surface area contributed by atoms with Crippen molar-refractivity contribution in [3.05, 3.63) is 61.0 Å². The molecule has 2 aromatic rings. The van der Waals surface area contributed by atoms with Gasteiger partial charge < -0.3 is 5.32 Å². The SMILES string of the molecule is O=C(Nc1cc(Br)ccc1Br)c1cc(Cl)ccc1Cl. The molecule has 0 saturated carbocycles. The maximum Gasteiger partial charge on any atom is 0.257 e. The summed E-state index contributed by atoms with van der Waals surface area (Å²) in [6.07, 6.45) is 0. The second-order valence-electron chi connectivity index (χ2n) is 3.70. The van der Waals surface area contributed by atoms with E-state index in [1.807, 2.05) is 12.1 Å². The monoisotopic (exact) mass is 421 g/mol. The van der Waals surface area contributed by atoms with E-state index in [-0.39, 0.29) is 5.91 Å². The Morgan fingerprint density at radius 3 is 2.53 bits per heavy atom. The summed E-state index contributed by atoms with van der Waals surface area (Å²) < 4.78 is 1.64. The molecule has 0 heterocycles. The molecule has 0 atom stereocenters. The van der Waals surface area contributed by atoms with E-state index in [0.717, 1.165) is 8.95 Å². The largest absolute Gasteiger partial charge is 0.321 e. The molecule has 2 aromatic carbocycles. The highest BCUT2D eigenvalue weighted by atomic mass is 79.9. The Bertz CT molecular complexity index is 647. The second kappa shape index (κ2) is 6.27. The number of amides is 1. The summed E-state index contributed by atoms with van der Waals surface area (Å²) >= 11 is 18.6. The summed E-state index contributed by atoms with van der Waals surface area (Å²) in [7, 11) is 0. The summed E-state index contributed by atoms with van der Waals surface area (Å²) in [5.74, 6) is -0.314. The van der Waals surface area contributed by atoms with Crippen LogP contribution in [-0.2, 0) is 0 Å². The van der Waals surface area contributed by atoms with Crippen LogP contribution in [0.2, 0.25) is 10.0 Å². The number of carbonyl (C=O) groups excluding carboxylic acids is 1. The Kier molecular flexibility index (Phi) is 4.90. The molecule has 0 fully saturated rings. The zero-order valence-corrected chi connectivity index (χ0v) is 14.1. The number of halogens is 4. The molecular formula is C13H7Br2Cl2NO. The number of hydrogen-bond acceptors (Lipinski definition) is 1. The van der Waals surface area contributed by atoms with Crippen LogP contribution in [-0.4, -0.2) is 5.91 Å². The van der Waals surface area contributed by atoms with Crippen molar-refractivity contribution in [2.45, 2.75) is 0 Å². The topological polar surface area (TPSA) is 29.1 Å². The van der Waals surface area contributed by atoms with E-state index in [9.17, 15) is 4.79 Å². The Labute approximate surface area is 137 Å². The minimum Gasteiger partial charge on any atom is -0.321 e. The van der Waals surface area contributed by atoms with Crippen LogP contribution in [0.15, 0.2) is 45.3 Å². The van der Waals surface area contributed by atoms with Crippen LogP contribution in [0.5, 0.6) is 0 Å². The van der Waals surface area contributed by atoms with Crippen molar-refractivity contribution in [2.75, 3.05) is 5.32 Å². The smallest absolute Gasteiger partial charge is 0.257 e. The summed E-state index contributed by atoms with van der Waals surface area (Å²) in [4.78, 5) is 12.2. The van der Waals surface area contributed by atoms with Crippen LogP contribution in [0, 0.1) is 0 Å². The van der Waals surface area contributed by atoms with Gasteiger partial charge in [-0.15, -0.1) is 0 Å². The zero-order valence-electron chi connectivity index (χ0n) is 9.38. The molecule has 1 N–H and O–H groups in total. The lowest BCUT2D eigenvalue weighted by Crippen LogP contribution is -2.12. The van der Waals surface area contributed by atoms with E-state index >= 15 is 0 Å². The van der Waals surface area contributed by atoms with Gasteiger partial charge in [-0.1, -0.05) is 39.1 Å². The fourth-order valence-electron chi connectivity index (χ4n) is 1.45. The van der Waals surface area contributed by atoms with Crippen LogP contribution in [0.3, 0.4) is 0 Å². The van der Waals surface area contributed by atoms with Crippen LogP contribution < -0.4 is 5.32 Å². The van der Waals surface area contributed by atoms with Gasteiger partial charge in [-0.05, 0) is 52.3 Å². The molecule has 98 valence electrons. The third-order valence-corrected chi connectivity index (χ3v) is 4.10. The van der Waals surface area contributed by atoms with Crippen molar-refractivity contribution in [1.82, 2.24) is 0 Å². The third kappa shape index (κ3) is 3.72. The molecule has 0 aromatic heterocycles. The number of rotatable bonds is 2. The van der Waals surface area contributed by atoms with Crippen LogP contribution in [0.1, 0.15) is 10.4 Å². The molecule has 6 heteroatoms. The molecule has 19 heavy (non-hydrogen) atoms. The maximum atomic E-state index is 12.2. The lowest BCUT2D eigenvalue weighted by Gasteiger charge is -2.09. The molecule has 0 radical (unpaired) electrons. The normalized spacial score (nSPS) is 10.3. The quantitative estimate of drug-likeness (QED) is 0.652. The fraction of sp³-hybridized carbons (Fsp3) is 0. The standard InChI is InChI=1S/C13H7Br2Cl2NO/c14-7-1-3-10(15)12(5-7)18-13(19)9-6-8(16)2-4-11(9)17/h1-6H,(H,18,19). The number of carbonyl (C=O) groups is 1. The molecule has 0 aliphatic rings. The molecule has 2 rings (SSSR count). The van der Waals surface area contributed by atoms with Gasteiger partial charge in [-0.2, -0.15) is 0 Å². The Balaban J connectivity index is 2.30. The summed E-state index contributed by atoms with van der Waals surface area (Å²) in [5, 5.41) is 3.59. The molecule has 0 spiro atoms. The molecule has 0 bridgehead atoms. The summed E-state index contributed by atoms with van der Waals surface area (Å²) in [6, 6.07) is 10.3. The van der Waals surface area contributed by atoms with Gasteiger partial charge in [-0.3, -0.25) is 4.79 Å². The van der Waals surface area contributed by atoms with Gasteiger partial charge in [0.2, 0.25) is 0 Å². The van der Waals surface area contributed by atoms with Gasteiger partial charge in [0.15, 0.2) is 0 Å². The maximum absolute atomic E-state index is 12.2. The van der Waals surface area contributed by atoms with Crippen molar-refractivity contribution in [3.8, 4) is 0 Å². The van der Waals surface area contributed by atoms with Crippen molar-refractivity contribution in [2.24, 2.45) is 0 Å². The first-order valence-electron chi connectivity index (χ1n) is 5.19. The van der Waals surface area contributed by atoms with E-state index in [4.69, 9.17) is 23.2 Å². The molecule has 0 aliphatic carbocycles. The average molecular weight is 424 g/mol. The molecule has 0 saturated heterocycles. The lowest BCUT2D eigenvalue weighted by atomic mass is 10.2. The molecular weight excluding hydrogens is 417 g/mol. The van der Waals surface area contributed by atoms with Gasteiger partial charge in [-0.25, -0.2) is 0 Å². The van der Waals surface area contributed by atoms with Crippen molar-refractivity contribution in [3.63, 3.8) is 0 Å². The number of nitrogens with one attached hydrogen (secondary N) is 1. The Hall–Kier alpha value is -0.550. The number of hydrogen-bond donors (Lipinski definition) is 1. The summed E-state index contributed by atoms with van der Waals surface area (Å²) in [6.45, 7) is 0. The summed E-state index contributed by atoms with van der Waals surface area (Å²) in [5.41, 5.74) is 0.983. The average Bonchev–Trinajstić information content (AvgIpc) is 2.36. The molecule has 1 amide bonds. The Morgan fingerprint density at radius 2 is 1.79 bits per heavy atom. The van der Waals surface area contributed by atoms with Crippen LogP contribution in [0.25, 0.3) is 0 Å². The third-order valence-electron chi connectivity index (χ3n) is 2.35. The van der Waals surface area contributed by atoms with E-state index in [0.29, 0.717) is 21.3 Å². The number of benzene rings is 2. The lowest BCUT2D eigenvalue weighted by molar-refractivity contribution is 0.102. The van der Waals surface area contributed by atoms with Crippen molar-refractivity contribution < 1.29 is 4.79 Å². The van der Waals surface area contributed by atoms with Gasteiger partial charge in [0.25, 0.3) is 5.91 Å². The minimum absolute atomic E-state index is 0.314. The van der Waals surface area contributed by atoms with Crippen molar-refractivity contribution in [1.29, 1.82) is 0 Å². The first-order chi connectivity index (χ1) is 8.97. The van der Waals surface area contributed by atoms with E-state index in [2.05, 4.69) is 37.2 Å². The zero-order chi connectivity index (χ0) is 14.0. The van der Waals surface area contributed by atoms with Gasteiger partial charge in [0.05, 0.1) is 16.3 Å². The predicted octanol–water partition coefficient (Wildman–Crippen LogP) is 5.77. The van der Waals surface area contributed by atoms with Crippen molar-refractivity contribution >= 4 is 66.7 Å². The van der Waals surface area contributed by atoms with Gasteiger partial charge in [0, 0.05) is 14.0 Å². The minimum atomic E-state index is -0.314. The van der Waals surface area contributed by atoms with E-state index in [1.54, 1.807) is 18.2 Å². The second-order valence-corrected chi connectivity index (χ2v) is 6.32. The van der Waals surface area contributed by atoms with Gasteiger partial charge >= 0.3 is 0 Å². The fourth-order valence-corrected chi connectivity index (χ4v) is 2.54. The number of anilines is 1. The van der Waals surface area contributed by atoms with Crippen LogP contribution >= 0.6 is 55.1 Å². The molecule has 0 aliphatic heterocycles. The molecule has 0 unspecified atom stereocenters. The highest BCUT2D eigenvalue weighted by Gasteiger charge is 2.12. The first kappa shape index (κ1) is 14.9. The van der Waals surface area contributed by atoms with Gasteiger partial charge in [0.1, 0.15) is 0 Å². The highest BCUT2D eigenvalue weighted by Crippen LogP contribution is 2.28. The Morgan fingerprint density at radius 1 is 1.05 bits per heavy atom. The predicted molar refractivity (Wildman–Crippen MR) is 86.3 cm³/mol. The highest BCUT2D eigenvalue weighted by molar-refractivity contribution is 9.11. The van der Waals surface area contributed by atoms with Crippen LogP contribution in [0.4, 0.5) is 5.69 Å². The first-order valence-corrected chi connectivity index (χ1v) is 7.53. The van der Waals surface area contributed by atoms with E-state index < -0.39 is 0 Å². The molecule has 2 nitrogen and oxygen atoms in total.